The molecule has 0 unspecified atom stereocenters. The third kappa shape index (κ3) is 2.82. The van der Waals surface area contributed by atoms with Crippen molar-refractivity contribution >= 4 is 21.8 Å². The molecule has 1 fully saturated rings. The van der Waals surface area contributed by atoms with E-state index in [1.54, 1.807) is 0 Å². The lowest BCUT2D eigenvalue weighted by Crippen LogP contribution is -2.49. The van der Waals surface area contributed by atoms with Crippen LogP contribution in [0.5, 0.6) is 0 Å². The third-order valence-corrected chi connectivity index (χ3v) is 4.50. The van der Waals surface area contributed by atoms with Crippen LogP contribution >= 0.6 is 0 Å². The second-order valence-corrected chi connectivity index (χ2v) is 6.89. The number of rotatable bonds is 6. The van der Waals surface area contributed by atoms with Crippen molar-refractivity contribution in [2.75, 3.05) is 18.6 Å². The number of urea groups is 1. The van der Waals surface area contributed by atoms with E-state index in [1.165, 1.54) is 4.90 Å². The average molecular weight is 276 g/mol. The van der Waals surface area contributed by atoms with Crippen LogP contribution in [-0.2, 0) is 14.6 Å². The lowest BCUT2D eigenvalue weighted by Gasteiger charge is -2.33. The highest BCUT2D eigenvalue weighted by Gasteiger charge is 2.49. The van der Waals surface area contributed by atoms with Crippen molar-refractivity contribution in [3.63, 3.8) is 0 Å². The summed E-state index contributed by atoms with van der Waals surface area (Å²) in [7, 11) is -3.04. The predicted octanol–water partition coefficient (Wildman–Crippen LogP) is 0.532. The van der Waals surface area contributed by atoms with Gasteiger partial charge in [-0.25, -0.2) is 13.2 Å². The van der Waals surface area contributed by atoms with E-state index in [2.05, 4.69) is 5.32 Å². The molecule has 1 aliphatic rings. The maximum atomic E-state index is 11.8. The number of carbonyl (C=O) groups is 2. The normalized spacial score (nSPS) is 19.2. The Bertz CT molecular complexity index is 440. The van der Waals surface area contributed by atoms with Gasteiger partial charge in [0.05, 0.1) is 5.75 Å². The maximum Gasteiger partial charge on any atom is 0.325 e. The smallest absolute Gasteiger partial charge is 0.310 e. The first-order valence-corrected chi connectivity index (χ1v) is 8.13. The van der Waals surface area contributed by atoms with Gasteiger partial charge in [0.25, 0.3) is 5.91 Å². The van der Waals surface area contributed by atoms with Gasteiger partial charge < -0.3 is 4.90 Å². The molecule has 0 atom stereocenters. The zero-order valence-corrected chi connectivity index (χ0v) is 11.8. The molecule has 18 heavy (non-hydrogen) atoms. The summed E-state index contributed by atoms with van der Waals surface area (Å²) in [5, 5.41) is 2.31. The van der Waals surface area contributed by atoms with Crippen molar-refractivity contribution in [2.24, 2.45) is 0 Å². The first-order chi connectivity index (χ1) is 8.27. The Morgan fingerprint density at radius 1 is 1.22 bits per heavy atom. The van der Waals surface area contributed by atoms with Crippen molar-refractivity contribution in [1.82, 2.24) is 10.2 Å². The van der Waals surface area contributed by atoms with Crippen molar-refractivity contribution in [1.29, 1.82) is 0 Å². The van der Waals surface area contributed by atoms with Gasteiger partial charge in [-0.05, 0) is 19.3 Å². The summed E-state index contributed by atoms with van der Waals surface area (Å²) < 4.78 is 22.1. The molecule has 0 radical (unpaired) electrons. The quantitative estimate of drug-likeness (QED) is 0.717. The molecule has 0 aromatic rings. The van der Waals surface area contributed by atoms with Gasteiger partial charge in [0.2, 0.25) is 0 Å². The number of imide groups is 1. The SMILES string of the molecule is CCC1(CC)C(=O)NC(=O)N1CCCS(C)(=O)=O. The van der Waals surface area contributed by atoms with Crippen molar-refractivity contribution in [3.05, 3.63) is 0 Å². The number of nitrogens with one attached hydrogen (secondary N) is 1. The van der Waals surface area contributed by atoms with Crippen molar-refractivity contribution in [3.8, 4) is 0 Å². The average Bonchev–Trinajstić information content (AvgIpc) is 2.49. The summed E-state index contributed by atoms with van der Waals surface area (Å²) in [4.78, 5) is 25.0. The highest BCUT2D eigenvalue weighted by Crippen LogP contribution is 2.29. The molecule has 1 heterocycles. The van der Waals surface area contributed by atoms with Gasteiger partial charge >= 0.3 is 6.03 Å². The monoisotopic (exact) mass is 276 g/mol. The Morgan fingerprint density at radius 2 is 1.78 bits per heavy atom. The molecule has 6 nitrogen and oxygen atoms in total. The topological polar surface area (TPSA) is 83.6 Å². The molecule has 7 heteroatoms. The molecule has 1 N–H and O–H groups in total. The first-order valence-electron chi connectivity index (χ1n) is 6.07. The number of carbonyl (C=O) groups excluding carboxylic acids is 2. The highest BCUT2D eigenvalue weighted by atomic mass is 32.2. The zero-order chi connectivity index (χ0) is 14.0. The van der Waals surface area contributed by atoms with Crippen LogP contribution in [0.2, 0.25) is 0 Å². The van der Waals surface area contributed by atoms with E-state index < -0.39 is 21.4 Å². The summed E-state index contributed by atoms with van der Waals surface area (Å²) in [5.74, 6) is -0.258. The summed E-state index contributed by atoms with van der Waals surface area (Å²) in [6.45, 7) is 3.99. The molecule has 1 rings (SSSR count). The summed E-state index contributed by atoms with van der Waals surface area (Å²) in [6, 6.07) is -0.419. The van der Waals surface area contributed by atoms with Crippen LogP contribution < -0.4 is 5.32 Å². The van der Waals surface area contributed by atoms with E-state index in [9.17, 15) is 18.0 Å². The van der Waals surface area contributed by atoms with Crippen molar-refractivity contribution < 1.29 is 18.0 Å². The summed E-state index contributed by atoms with van der Waals surface area (Å²) in [5.41, 5.74) is -0.811. The van der Waals surface area contributed by atoms with Crippen LogP contribution in [0.4, 0.5) is 4.79 Å². The van der Waals surface area contributed by atoms with E-state index in [4.69, 9.17) is 0 Å². The van der Waals surface area contributed by atoms with Gasteiger partial charge in [-0.1, -0.05) is 13.8 Å². The molecule has 3 amide bonds. The Balaban J connectivity index is 2.78. The number of amides is 3. The largest absolute Gasteiger partial charge is 0.325 e. The maximum absolute atomic E-state index is 11.8. The van der Waals surface area contributed by atoms with Gasteiger partial charge in [0, 0.05) is 12.8 Å². The molecule has 0 aromatic heterocycles. The fourth-order valence-corrected chi connectivity index (χ4v) is 3.00. The van der Waals surface area contributed by atoms with Gasteiger partial charge in [-0.3, -0.25) is 10.1 Å². The van der Waals surface area contributed by atoms with Gasteiger partial charge in [0.1, 0.15) is 15.4 Å². The second kappa shape index (κ2) is 5.26. The Labute approximate surface area is 108 Å². The molecule has 0 bridgehead atoms. The lowest BCUT2D eigenvalue weighted by molar-refractivity contribution is -0.127. The Hall–Kier alpha value is -1.11. The first kappa shape index (κ1) is 14.9. The van der Waals surface area contributed by atoms with Gasteiger partial charge in [-0.2, -0.15) is 0 Å². The second-order valence-electron chi connectivity index (χ2n) is 4.63. The molecule has 0 aromatic carbocycles. The highest BCUT2D eigenvalue weighted by molar-refractivity contribution is 7.90. The van der Waals surface area contributed by atoms with Crippen LogP contribution in [0.3, 0.4) is 0 Å². The molecule has 0 saturated carbocycles. The number of hydrogen-bond acceptors (Lipinski definition) is 4. The summed E-state index contributed by atoms with van der Waals surface area (Å²) in [6.07, 6.45) is 2.57. The fourth-order valence-electron chi connectivity index (χ4n) is 2.35. The van der Waals surface area contributed by atoms with Crippen LogP contribution in [0.15, 0.2) is 0 Å². The van der Waals surface area contributed by atoms with Crippen molar-refractivity contribution in [2.45, 2.75) is 38.6 Å². The molecule has 1 aliphatic heterocycles. The molecule has 1 saturated heterocycles. The van der Waals surface area contributed by atoms with Crippen LogP contribution in [0, 0.1) is 0 Å². The van der Waals surface area contributed by atoms with E-state index in [0.717, 1.165) is 6.26 Å². The zero-order valence-electron chi connectivity index (χ0n) is 11.0. The molecule has 0 spiro atoms. The Kier molecular flexibility index (Phi) is 4.37. The van der Waals surface area contributed by atoms with E-state index in [1.807, 2.05) is 13.8 Å². The van der Waals surface area contributed by atoms with Crippen LogP contribution in [0.1, 0.15) is 33.1 Å². The van der Waals surface area contributed by atoms with E-state index in [0.29, 0.717) is 19.3 Å². The van der Waals surface area contributed by atoms with Gasteiger partial charge in [0.15, 0.2) is 0 Å². The minimum atomic E-state index is -3.04. The lowest BCUT2D eigenvalue weighted by atomic mass is 9.91. The third-order valence-electron chi connectivity index (χ3n) is 3.47. The molecule has 104 valence electrons. The molecular formula is C11H20N2O4S. The minimum Gasteiger partial charge on any atom is -0.310 e. The summed E-state index contributed by atoms with van der Waals surface area (Å²) >= 11 is 0. The van der Waals surface area contributed by atoms with E-state index >= 15 is 0 Å². The number of nitrogens with zero attached hydrogens (tertiary/aromatic N) is 1. The van der Waals surface area contributed by atoms with E-state index in [-0.39, 0.29) is 18.2 Å². The standard InChI is InChI=1S/C11H20N2O4S/c1-4-11(5-2)9(14)12-10(15)13(11)7-6-8-18(3,16)17/h4-8H2,1-3H3,(H,12,14,15). The van der Waals surface area contributed by atoms with Gasteiger partial charge in [-0.15, -0.1) is 0 Å². The fraction of sp³-hybridized carbons (Fsp3) is 0.818. The Morgan fingerprint density at radius 3 is 2.22 bits per heavy atom. The van der Waals surface area contributed by atoms with Crippen LogP contribution in [-0.4, -0.2) is 49.3 Å². The number of hydrogen-bond donors (Lipinski definition) is 1. The predicted molar refractivity (Wildman–Crippen MR) is 67.9 cm³/mol. The number of sulfone groups is 1. The molecular weight excluding hydrogens is 256 g/mol. The molecule has 0 aliphatic carbocycles. The minimum absolute atomic E-state index is 0.0223. The van der Waals surface area contributed by atoms with Crippen LogP contribution in [0.25, 0.3) is 0 Å².